The van der Waals surface area contributed by atoms with Crippen LogP contribution >= 0.6 is 0 Å². The minimum absolute atomic E-state index is 0.115. The third kappa shape index (κ3) is 5.87. The standard InChI is InChI=1S/C23H35FN4O/c1-4-11-27(22-17-20(22)18-7-9-19(24)10-8-18)12-5-6-21(25-2)23(29)28-15-13-26(3)14-16-28/h4,7-10,20-22,25H,1,5-6,11-17H2,2-3H3/t20?,21-,22?/m0/s1. The van der Waals surface area contributed by atoms with Crippen molar-refractivity contribution in [2.45, 2.75) is 37.3 Å². The van der Waals surface area contributed by atoms with E-state index in [0.717, 1.165) is 58.5 Å². The van der Waals surface area contributed by atoms with Crippen molar-refractivity contribution in [3.05, 3.63) is 48.3 Å². The average molecular weight is 403 g/mol. The molecule has 1 aliphatic heterocycles. The zero-order chi connectivity index (χ0) is 20.8. The van der Waals surface area contributed by atoms with Gasteiger partial charge in [0, 0.05) is 44.7 Å². The van der Waals surface area contributed by atoms with E-state index >= 15 is 0 Å². The molecule has 0 spiro atoms. The highest BCUT2D eigenvalue weighted by atomic mass is 19.1. The van der Waals surface area contributed by atoms with E-state index in [1.807, 2.05) is 30.2 Å². The van der Waals surface area contributed by atoms with Crippen molar-refractivity contribution in [2.75, 3.05) is 53.4 Å². The molecule has 3 atom stereocenters. The maximum Gasteiger partial charge on any atom is 0.239 e. The maximum absolute atomic E-state index is 13.2. The Balaban J connectivity index is 1.48. The molecule has 3 rings (SSSR count). The van der Waals surface area contributed by atoms with E-state index in [4.69, 9.17) is 0 Å². The van der Waals surface area contributed by atoms with Crippen molar-refractivity contribution in [3.8, 4) is 0 Å². The normalized spacial score (nSPS) is 23.2. The van der Waals surface area contributed by atoms with Crippen LogP contribution in [0.15, 0.2) is 36.9 Å². The van der Waals surface area contributed by atoms with Crippen LogP contribution in [0.1, 0.15) is 30.7 Å². The smallest absolute Gasteiger partial charge is 0.239 e. The fourth-order valence-electron chi connectivity index (χ4n) is 4.35. The van der Waals surface area contributed by atoms with Crippen LogP contribution in [0.4, 0.5) is 4.39 Å². The van der Waals surface area contributed by atoms with Gasteiger partial charge >= 0.3 is 0 Å². The van der Waals surface area contributed by atoms with Gasteiger partial charge in [-0.05, 0) is 57.6 Å². The highest BCUT2D eigenvalue weighted by molar-refractivity contribution is 5.82. The Morgan fingerprint density at radius 3 is 2.62 bits per heavy atom. The van der Waals surface area contributed by atoms with Crippen LogP contribution in [-0.2, 0) is 4.79 Å². The number of benzene rings is 1. The van der Waals surface area contributed by atoms with Crippen LogP contribution in [0, 0.1) is 5.82 Å². The number of nitrogens with zero attached hydrogens (tertiary/aromatic N) is 3. The van der Waals surface area contributed by atoms with E-state index in [9.17, 15) is 9.18 Å². The number of amides is 1. The Bertz CT molecular complexity index is 672. The van der Waals surface area contributed by atoms with Crippen LogP contribution < -0.4 is 5.32 Å². The summed E-state index contributed by atoms with van der Waals surface area (Å²) in [6.07, 6.45) is 4.86. The molecule has 5 nitrogen and oxygen atoms in total. The van der Waals surface area contributed by atoms with Gasteiger partial charge in [0.05, 0.1) is 6.04 Å². The summed E-state index contributed by atoms with van der Waals surface area (Å²) in [7, 11) is 3.98. The van der Waals surface area contributed by atoms with Gasteiger partial charge in [0.25, 0.3) is 0 Å². The SMILES string of the molecule is C=CCN(CCC[C@H](NC)C(=O)N1CCN(C)CC1)C1CC1c1ccc(F)cc1. The summed E-state index contributed by atoms with van der Waals surface area (Å²) in [4.78, 5) is 19.5. The molecule has 1 amide bonds. The zero-order valence-corrected chi connectivity index (χ0v) is 17.8. The predicted octanol–water partition coefficient (Wildman–Crippen LogP) is 2.31. The van der Waals surface area contributed by atoms with Crippen LogP contribution in [0.3, 0.4) is 0 Å². The summed E-state index contributed by atoms with van der Waals surface area (Å²) in [5.74, 6) is 0.520. The average Bonchev–Trinajstić information content (AvgIpc) is 3.52. The van der Waals surface area contributed by atoms with Gasteiger partial charge in [-0.25, -0.2) is 4.39 Å². The summed E-state index contributed by atoms with van der Waals surface area (Å²) < 4.78 is 13.2. The summed E-state index contributed by atoms with van der Waals surface area (Å²) in [6.45, 7) is 9.23. The topological polar surface area (TPSA) is 38.8 Å². The van der Waals surface area contributed by atoms with Gasteiger partial charge in [0.1, 0.15) is 5.82 Å². The van der Waals surface area contributed by atoms with Crippen molar-refractivity contribution in [1.29, 1.82) is 0 Å². The number of halogens is 1. The number of nitrogens with one attached hydrogen (secondary N) is 1. The Morgan fingerprint density at radius 2 is 2.00 bits per heavy atom. The third-order valence-electron chi connectivity index (χ3n) is 6.29. The summed E-state index contributed by atoms with van der Waals surface area (Å²) >= 11 is 0. The molecule has 1 saturated heterocycles. The summed E-state index contributed by atoms with van der Waals surface area (Å²) in [6, 6.07) is 7.26. The number of hydrogen-bond donors (Lipinski definition) is 1. The van der Waals surface area contributed by atoms with Crippen LogP contribution in [0.5, 0.6) is 0 Å². The second-order valence-corrected chi connectivity index (χ2v) is 8.36. The first-order chi connectivity index (χ1) is 14.0. The molecule has 0 radical (unpaired) electrons. The van der Waals surface area contributed by atoms with Gasteiger partial charge < -0.3 is 15.1 Å². The highest BCUT2D eigenvalue weighted by Gasteiger charge is 2.42. The molecule has 0 aromatic heterocycles. The summed E-state index contributed by atoms with van der Waals surface area (Å²) in [5, 5.41) is 3.22. The zero-order valence-electron chi connectivity index (χ0n) is 17.8. The Kier molecular flexibility index (Phi) is 7.81. The predicted molar refractivity (Wildman–Crippen MR) is 115 cm³/mol. The minimum atomic E-state index is -0.183. The molecular weight excluding hydrogens is 367 g/mol. The fraction of sp³-hybridized carbons (Fsp3) is 0.609. The lowest BCUT2D eigenvalue weighted by molar-refractivity contribution is -0.135. The molecule has 2 aliphatic rings. The van der Waals surface area contributed by atoms with Crippen LogP contribution in [0.2, 0.25) is 0 Å². The monoisotopic (exact) mass is 402 g/mol. The molecule has 2 unspecified atom stereocenters. The second-order valence-electron chi connectivity index (χ2n) is 8.36. The van der Waals surface area contributed by atoms with E-state index in [-0.39, 0.29) is 17.8 Å². The number of carbonyl (C=O) groups excluding carboxylic acids is 1. The molecule has 1 saturated carbocycles. The lowest BCUT2D eigenvalue weighted by Gasteiger charge is -2.34. The van der Waals surface area contributed by atoms with Gasteiger partial charge in [-0.2, -0.15) is 0 Å². The quantitative estimate of drug-likeness (QED) is 0.610. The summed E-state index contributed by atoms with van der Waals surface area (Å²) in [5.41, 5.74) is 1.21. The van der Waals surface area contributed by atoms with E-state index in [2.05, 4.69) is 28.7 Å². The molecular formula is C23H35FN4O. The lowest BCUT2D eigenvalue weighted by atomic mass is 10.1. The number of hydrogen-bond acceptors (Lipinski definition) is 4. The third-order valence-corrected chi connectivity index (χ3v) is 6.29. The van der Waals surface area contributed by atoms with Crippen LogP contribution in [-0.4, -0.2) is 86.1 Å². The molecule has 2 fully saturated rings. The minimum Gasteiger partial charge on any atom is -0.339 e. The van der Waals surface area contributed by atoms with E-state index in [0.29, 0.717) is 12.0 Å². The molecule has 1 aromatic carbocycles. The molecule has 160 valence electrons. The maximum atomic E-state index is 13.2. The molecule has 29 heavy (non-hydrogen) atoms. The van der Waals surface area contributed by atoms with E-state index < -0.39 is 0 Å². The van der Waals surface area contributed by atoms with Crippen molar-refractivity contribution < 1.29 is 9.18 Å². The van der Waals surface area contributed by atoms with Gasteiger partial charge in [0.2, 0.25) is 5.91 Å². The van der Waals surface area contributed by atoms with Gasteiger partial charge in [0.15, 0.2) is 0 Å². The van der Waals surface area contributed by atoms with Gasteiger partial charge in [-0.1, -0.05) is 18.2 Å². The molecule has 1 aromatic rings. The van der Waals surface area contributed by atoms with Crippen molar-refractivity contribution in [1.82, 2.24) is 20.0 Å². The number of likely N-dealkylation sites (N-methyl/N-ethyl adjacent to an activating group) is 2. The first-order valence-electron chi connectivity index (χ1n) is 10.8. The molecule has 0 bridgehead atoms. The van der Waals surface area contributed by atoms with E-state index in [1.165, 1.54) is 5.56 Å². The fourth-order valence-corrected chi connectivity index (χ4v) is 4.35. The van der Waals surface area contributed by atoms with Gasteiger partial charge in [-0.15, -0.1) is 6.58 Å². The largest absolute Gasteiger partial charge is 0.339 e. The number of rotatable bonds is 10. The van der Waals surface area contributed by atoms with Crippen molar-refractivity contribution in [3.63, 3.8) is 0 Å². The Labute approximate surface area is 174 Å². The molecule has 1 N–H and O–H groups in total. The number of piperazine rings is 1. The molecule has 1 heterocycles. The Hall–Kier alpha value is -1.76. The number of carbonyl (C=O) groups is 1. The van der Waals surface area contributed by atoms with Crippen molar-refractivity contribution in [2.24, 2.45) is 0 Å². The van der Waals surface area contributed by atoms with Crippen molar-refractivity contribution >= 4 is 5.91 Å². The second kappa shape index (κ2) is 10.3. The van der Waals surface area contributed by atoms with E-state index in [1.54, 1.807) is 12.1 Å². The molecule has 1 aliphatic carbocycles. The first kappa shape index (κ1) is 21.9. The highest BCUT2D eigenvalue weighted by Crippen LogP contribution is 2.44. The lowest BCUT2D eigenvalue weighted by Crippen LogP contribution is -2.53. The van der Waals surface area contributed by atoms with Gasteiger partial charge in [-0.3, -0.25) is 9.69 Å². The molecule has 6 heteroatoms. The first-order valence-corrected chi connectivity index (χ1v) is 10.8. The van der Waals surface area contributed by atoms with Crippen LogP contribution in [0.25, 0.3) is 0 Å². The Morgan fingerprint density at radius 1 is 1.31 bits per heavy atom.